The summed E-state index contributed by atoms with van der Waals surface area (Å²) in [5, 5.41) is 0. The predicted octanol–water partition coefficient (Wildman–Crippen LogP) is 6.67. The number of anilines is 1. The molecule has 34 heavy (non-hydrogen) atoms. The maximum atomic E-state index is 13.8. The molecule has 3 saturated carbocycles. The lowest BCUT2D eigenvalue weighted by atomic mass is 9.66. The molecule has 0 atom stereocenters. The number of fused-ring (bicyclic) bond motifs is 2. The average Bonchev–Trinajstić information content (AvgIpc) is 3.50. The Bertz CT molecular complexity index is 1270. The Labute approximate surface area is 211 Å². The molecule has 1 aliphatic heterocycles. The summed E-state index contributed by atoms with van der Waals surface area (Å²) < 4.78 is 27.3. The third-order valence-electron chi connectivity index (χ3n) is 9.29. The van der Waals surface area contributed by atoms with Crippen molar-refractivity contribution < 1.29 is 13.2 Å². The van der Waals surface area contributed by atoms with Gasteiger partial charge in [0.15, 0.2) is 9.84 Å². The SMILES string of the molecule is CC1(CS(=O)(=O)c2cccc(C(=O)N3CC4(CCC5(CC5)CC4)c4cc(Br)ccc43)c2)CCC1. The lowest BCUT2D eigenvalue weighted by molar-refractivity contribution is 0.0980. The molecule has 4 nitrogen and oxygen atoms in total. The molecule has 6 rings (SSSR count). The van der Waals surface area contributed by atoms with Crippen LogP contribution in [0.3, 0.4) is 0 Å². The standard InChI is InChI=1S/C28H32BrNO3S/c1-26(8-3-9-26)19-34(32,33)22-5-2-4-20(16-22)25(31)30-18-28(14-12-27(10-11-27)13-15-28)23-17-21(29)6-7-24(23)30/h2,4-7,16-17H,3,8-15,18-19H2,1H3. The highest BCUT2D eigenvalue weighted by Crippen LogP contribution is 2.62. The number of carbonyl (C=O) groups is 1. The fourth-order valence-electron chi connectivity index (χ4n) is 6.63. The van der Waals surface area contributed by atoms with Crippen LogP contribution in [0.4, 0.5) is 5.69 Å². The number of sulfone groups is 1. The highest BCUT2D eigenvalue weighted by Gasteiger charge is 2.53. The molecule has 0 aromatic heterocycles. The van der Waals surface area contributed by atoms with Crippen LogP contribution in [-0.4, -0.2) is 26.6 Å². The first-order valence-electron chi connectivity index (χ1n) is 12.6. The monoisotopic (exact) mass is 541 g/mol. The molecule has 0 N–H and O–H groups in total. The summed E-state index contributed by atoms with van der Waals surface area (Å²) in [7, 11) is -3.43. The summed E-state index contributed by atoms with van der Waals surface area (Å²) in [6.45, 7) is 2.74. The summed E-state index contributed by atoms with van der Waals surface area (Å²) in [4.78, 5) is 16.0. The van der Waals surface area contributed by atoms with E-state index in [1.807, 2.05) is 17.0 Å². The lowest BCUT2D eigenvalue weighted by Crippen LogP contribution is -2.40. The Hall–Kier alpha value is -1.66. The van der Waals surface area contributed by atoms with Crippen LogP contribution in [0.2, 0.25) is 0 Å². The average molecular weight is 543 g/mol. The van der Waals surface area contributed by atoms with Gasteiger partial charge in [-0.1, -0.05) is 35.3 Å². The van der Waals surface area contributed by atoms with E-state index in [0.717, 1.165) is 42.3 Å². The van der Waals surface area contributed by atoms with Crippen molar-refractivity contribution in [3.05, 3.63) is 58.1 Å². The first-order valence-corrected chi connectivity index (χ1v) is 15.0. The fourth-order valence-corrected chi connectivity index (χ4v) is 8.96. The van der Waals surface area contributed by atoms with Crippen molar-refractivity contribution in [3.8, 4) is 0 Å². The number of nitrogens with zero attached hydrogens (tertiary/aromatic N) is 1. The van der Waals surface area contributed by atoms with Gasteiger partial charge in [-0.05, 0) is 104 Å². The molecular weight excluding hydrogens is 510 g/mol. The van der Waals surface area contributed by atoms with Crippen LogP contribution in [0.5, 0.6) is 0 Å². The van der Waals surface area contributed by atoms with Crippen molar-refractivity contribution >= 4 is 37.4 Å². The Balaban J connectivity index is 1.31. The van der Waals surface area contributed by atoms with Crippen molar-refractivity contribution in [2.75, 3.05) is 17.2 Å². The summed E-state index contributed by atoms with van der Waals surface area (Å²) in [5.74, 6) is 0.0577. The maximum Gasteiger partial charge on any atom is 0.258 e. The van der Waals surface area contributed by atoms with Gasteiger partial charge in [0.25, 0.3) is 5.91 Å². The van der Waals surface area contributed by atoms with Gasteiger partial charge in [-0.25, -0.2) is 8.42 Å². The summed E-state index contributed by atoms with van der Waals surface area (Å²) in [5.41, 5.74) is 3.16. The van der Waals surface area contributed by atoms with Crippen LogP contribution in [0.25, 0.3) is 0 Å². The van der Waals surface area contributed by atoms with Crippen LogP contribution in [-0.2, 0) is 15.3 Å². The first kappa shape index (κ1) is 22.8. The minimum atomic E-state index is -3.43. The number of rotatable bonds is 4. The van der Waals surface area contributed by atoms with E-state index in [2.05, 4.69) is 28.9 Å². The molecule has 3 aliphatic carbocycles. The second kappa shape index (κ2) is 7.67. The van der Waals surface area contributed by atoms with Gasteiger partial charge in [0.05, 0.1) is 10.6 Å². The second-order valence-corrected chi connectivity index (χ2v) is 14.7. The zero-order valence-corrected chi connectivity index (χ0v) is 22.2. The summed E-state index contributed by atoms with van der Waals surface area (Å²) in [6, 6.07) is 13.0. The number of benzene rings is 2. The molecule has 0 unspecified atom stereocenters. The van der Waals surface area contributed by atoms with Crippen molar-refractivity contribution in [2.45, 2.75) is 75.0 Å². The van der Waals surface area contributed by atoms with Gasteiger partial charge in [-0.15, -0.1) is 0 Å². The Morgan fingerprint density at radius 1 is 0.971 bits per heavy atom. The van der Waals surface area contributed by atoms with Crippen LogP contribution in [0, 0.1) is 10.8 Å². The summed E-state index contributed by atoms with van der Waals surface area (Å²) >= 11 is 3.65. The van der Waals surface area contributed by atoms with Gasteiger partial charge >= 0.3 is 0 Å². The highest BCUT2D eigenvalue weighted by atomic mass is 79.9. The largest absolute Gasteiger partial charge is 0.307 e. The number of hydrogen-bond acceptors (Lipinski definition) is 3. The second-order valence-electron chi connectivity index (χ2n) is 11.8. The lowest BCUT2D eigenvalue weighted by Gasteiger charge is -2.38. The molecule has 6 heteroatoms. The first-order chi connectivity index (χ1) is 16.1. The van der Waals surface area contributed by atoms with Crippen LogP contribution in [0.15, 0.2) is 51.8 Å². The van der Waals surface area contributed by atoms with E-state index in [1.165, 1.54) is 31.2 Å². The number of halogens is 1. The van der Waals surface area contributed by atoms with Gasteiger partial charge < -0.3 is 4.90 Å². The molecular formula is C28H32BrNO3S. The fraction of sp³-hybridized carbons (Fsp3) is 0.536. The van der Waals surface area contributed by atoms with Gasteiger partial charge in [0, 0.05) is 27.7 Å². The van der Waals surface area contributed by atoms with Crippen molar-refractivity contribution in [1.29, 1.82) is 0 Å². The van der Waals surface area contributed by atoms with E-state index in [4.69, 9.17) is 0 Å². The number of hydrogen-bond donors (Lipinski definition) is 0. The molecule has 1 heterocycles. The van der Waals surface area contributed by atoms with Crippen LogP contribution >= 0.6 is 15.9 Å². The number of amides is 1. The Morgan fingerprint density at radius 2 is 1.68 bits per heavy atom. The van der Waals surface area contributed by atoms with E-state index in [0.29, 0.717) is 17.5 Å². The minimum absolute atomic E-state index is 0.00507. The van der Waals surface area contributed by atoms with Crippen molar-refractivity contribution in [1.82, 2.24) is 0 Å². The van der Waals surface area contributed by atoms with E-state index >= 15 is 0 Å². The highest BCUT2D eigenvalue weighted by molar-refractivity contribution is 9.10. The zero-order valence-electron chi connectivity index (χ0n) is 19.8. The molecule has 2 aromatic rings. The maximum absolute atomic E-state index is 13.8. The smallest absolute Gasteiger partial charge is 0.258 e. The molecule has 3 fully saturated rings. The minimum Gasteiger partial charge on any atom is -0.307 e. The van der Waals surface area contributed by atoms with E-state index in [-0.39, 0.29) is 27.4 Å². The third-order valence-corrected chi connectivity index (χ3v) is 11.8. The molecule has 0 bridgehead atoms. The molecule has 4 aliphatic rings. The normalized spacial score (nSPS) is 23.5. The van der Waals surface area contributed by atoms with Crippen molar-refractivity contribution in [3.63, 3.8) is 0 Å². The Morgan fingerprint density at radius 3 is 2.32 bits per heavy atom. The summed E-state index contributed by atoms with van der Waals surface area (Å²) in [6.07, 6.45) is 10.4. The topological polar surface area (TPSA) is 54.5 Å². The van der Waals surface area contributed by atoms with E-state index in [9.17, 15) is 13.2 Å². The molecule has 180 valence electrons. The zero-order chi connectivity index (χ0) is 23.8. The van der Waals surface area contributed by atoms with Crippen LogP contribution in [0.1, 0.15) is 80.6 Å². The quantitative estimate of drug-likeness (QED) is 0.434. The van der Waals surface area contributed by atoms with Gasteiger partial charge in [0.1, 0.15) is 0 Å². The Kier molecular flexibility index (Phi) is 5.14. The molecule has 1 amide bonds. The van der Waals surface area contributed by atoms with Crippen LogP contribution < -0.4 is 4.90 Å². The van der Waals surface area contributed by atoms with E-state index in [1.54, 1.807) is 24.3 Å². The molecule has 2 spiro atoms. The predicted molar refractivity (Wildman–Crippen MR) is 138 cm³/mol. The number of carbonyl (C=O) groups excluding carboxylic acids is 1. The van der Waals surface area contributed by atoms with Crippen molar-refractivity contribution in [2.24, 2.45) is 10.8 Å². The molecule has 0 saturated heterocycles. The van der Waals surface area contributed by atoms with Gasteiger partial charge in [-0.2, -0.15) is 0 Å². The molecule has 2 aromatic carbocycles. The van der Waals surface area contributed by atoms with Gasteiger partial charge in [0.2, 0.25) is 0 Å². The van der Waals surface area contributed by atoms with Gasteiger partial charge in [-0.3, -0.25) is 4.79 Å². The van der Waals surface area contributed by atoms with E-state index < -0.39 is 9.84 Å². The third kappa shape index (κ3) is 3.76. The molecule has 0 radical (unpaired) electrons.